The van der Waals surface area contributed by atoms with Crippen molar-refractivity contribution in [2.75, 3.05) is 0 Å². The third-order valence-corrected chi connectivity index (χ3v) is 3.29. The van der Waals surface area contributed by atoms with Gasteiger partial charge in [-0.25, -0.2) is 19.9 Å². The lowest BCUT2D eigenvalue weighted by Crippen LogP contribution is -2.12. The van der Waals surface area contributed by atoms with Crippen LogP contribution in [0.25, 0.3) is 5.82 Å². The number of aryl methyl sites for hydroxylation is 1. The quantitative estimate of drug-likeness (QED) is 0.491. The Bertz CT molecular complexity index is 985. The molecule has 0 aliphatic carbocycles. The molecule has 126 valence electrons. The fourth-order valence-electron chi connectivity index (χ4n) is 2.00. The SMILES string of the molecule is Cc1nc(C#Cc2ccnc(Cl)c2)cn1-c1ccnc(C(F)(F)F)n1. The Labute approximate surface area is 145 Å². The van der Waals surface area contributed by atoms with Crippen molar-refractivity contribution in [3.63, 3.8) is 0 Å². The molecule has 0 saturated heterocycles. The lowest BCUT2D eigenvalue weighted by atomic mass is 10.3. The molecule has 0 radical (unpaired) electrons. The van der Waals surface area contributed by atoms with E-state index in [-0.39, 0.29) is 5.82 Å². The van der Waals surface area contributed by atoms with Crippen LogP contribution in [0.2, 0.25) is 5.15 Å². The summed E-state index contributed by atoms with van der Waals surface area (Å²) in [5.74, 6) is 5.00. The number of imidazole rings is 1. The van der Waals surface area contributed by atoms with Gasteiger partial charge in [0.2, 0.25) is 5.82 Å². The van der Waals surface area contributed by atoms with Crippen LogP contribution in [0.1, 0.15) is 22.9 Å². The van der Waals surface area contributed by atoms with E-state index >= 15 is 0 Å². The van der Waals surface area contributed by atoms with Crippen molar-refractivity contribution in [2.45, 2.75) is 13.1 Å². The minimum absolute atomic E-state index is 0.0623. The molecule has 0 atom stereocenters. The highest BCUT2D eigenvalue weighted by molar-refractivity contribution is 6.29. The van der Waals surface area contributed by atoms with Gasteiger partial charge in [0.25, 0.3) is 0 Å². The van der Waals surface area contributed by atoms with Gasteiger partial charge < -0.3 is 0 Å². The first-order chi connectivity index (χ1) is 11.8. The molecular formula is C16H9ClF3N5. The molecule has 0 spiro atoms. The van der Waals surface area contributed by atoms with Crippen LogP contribution < -0.4 is 0 Å². The predicted molar refractivity (Wildman–Crippen MR) is 84.1 cm³/mol. The molecule has 0 aliphatic rings. The van der Waals surface area contributed by atoms with Gasteiger partial charge in [0.05, 0.1) is 0 Å². The molecule has 9 heteroatoms. The molecule has 3 rings (SSSR count). The minimum Gasteiger partial charge on any atom is -0.287 e. The molecule has 0 unspecified atom stereocenters. The Balaban J connectivity index is 1.94. The van der Waals surface area contributed by atoms with E-state index in [1.165, 1.54) is 23.0 Å². The predicted octanol–water partition coefficient (Wildman–Crippen LogP) is 3.44. The van der Waals surface area contributed by atoms with Crippen LogP contribution in [-0.4, -0.2) is 24.5 Å². The molecular weight excluding hydrogens is 355 g/mol. The molecule has 0 aliphatic heterocycles. The Kier molecular flexibility index (Phi) is 4.42. The second-order valence-electron chi connectivity index (χ2n) is 4.90. The van der Waals surface area contributed by atoms with E-state index in [1.807, 2.05) is 0 Å². The Morgan fingerprint density at radius 2 is 1.84 bits per heavy atom. The minimum atomic E-state index is -4.62. The van der Waals surface area contributed by atoms with Crippen LogP contribution in [0, 0.1) is 18.8 Å². The van der Waals surface area contributed by atoms with E-state index in [0.29, 0.717) is 22.2 Å². The van der Waals surface area contributed by atoms with Crippen molar-refractivity contribution < 1.29 is 13.2 Å². The van der Waals surface area contributed by atoms with Gasteiger partial charge in [0.1, 0.15) is 22.5 Å². The number of alkyl halides is 3. The molecule has 0 aromatic carbocycles. The third-order valence-electron chi connectivity index (χ3n) is 3.08. The summed E-state index contributed by atoms with van der Waals surface area (Å²) in [5, 5.41) is 0.314. The summed E-state index contributed by atoms with van der Waals surface area (Å²) >= 11 is 5.78. The highest BCUT2D eigenvalue weighted by atomic mass is 35.5. The number of hydrogen-bond acceptors (Lipinski definition) is 4. The summed E-state index contributed by atoms with van der Waals surface area (Å²) in [4.78, 5) is 14.8. The highest BCUT2D eigenvalue weighted by Gasteiger charge is 2.34. The number of halogens is 4. The van der Waals surface area contributed by atoms with Gasteiger partial charge in [-0.05, 0) is 31.0 Å². The molecule has 0 fully saturated rings. The summed E-state index contributed by atoms with van der Waals surface area (Å²) < 4.78 is 39.6. The lowest BCUT2D eigenvalue weighted by Gasteiger charge is -2.07. The second-order valence-corrected chi connectivity index (χ2v) is 5.28. The van der Waals surface area contributed by atoms with Crippen molar-refractivity contribution in [3.8, 4) is 17.7 Å². The van der Waals surface area contributed by atoms with Crippen molar-refractivity contribution in [2.24, 2.45) is 0 Å². The molecule has 3 heterocycles. The van der Waals surface area contributed by atoms with Crippen molar-refractivity contribution in [1.82, 2.24) is 24.5 Å². The Hall–Kier alpha value is -2.92. The lowest BCUT2D eigenvalue weighted by molar-refractivity contribution is -0.145. The van der Waals surface area contributed by atoms with Gasteiger partial charge >= 0.3 is 6.18 Å². The topological polar surface area (TPSA) is 56.5 Å². The van der Waals surface area contributed by atoms with E-state index in [0.717, 1.165) is 6.20 Å². The summed E-state index contributed by atoms with van der Waals surface area (Å²) in [6.07, 6.45) is -0.536. The number of rotatable bonds is 1. The summed E-state index contributed by atoms with van der Waals surface area (Å²) in [5.41, 5.74) is 1.03. The average Bonchev–Trinajstić information content (AvgIpc) is 2.93. The van der Waals surface area contributed by atoms with Crippen LogP contribution in [0.3, 0.4) is 0 Å². The number of pyridine rings is 1. The third kappa shape index (κ3) is 3.95. The maximum Gasteiger partial charge on any atom is 0.451 e. The maximum atomic E-state index is 12.7. The second kappa shape index (κ2) is 6.53. The zero-order chi connectivity index (χ0) is 18.0. The molecule has 0 bridgehead atoms. The largest absolute Gasteiger partial charge is 0.451 e. The standard InChI is InChI=1S/C16H9ClF3N5/c1-10-23-12(3-2-11-4-6-21-13(17)8-11)9-25(10)14-5-7-22-15(24-14)16(18,19)20/h4-9H,1H3. The average molecular weight is 364 g/mol. The Morgan fingerprint density at radius 3 is 2.56 bits per heavy atom. The van der Waals surface area contributed by atoms with E-state index in [9.17, 15) is 13.2 Å². The Morgan fingerprint density at radius 1 is 1.08 bits per heavy atom. The van der Waals surface area contributed by atoms with Crippen LogP contribution >= 0.6 is 11.6 Å². The molecule has 5 nitrogen and oxygen atoms in total. The summed E-state index contributed by atoms with van der Waals surface area (Å²) in [7, 11) is 0. The molecule has 25 heavy (non-hydrogen) atoms. The van der Waals surface area contributed by atoms with Crippen LogP contribution in [0.15, 0.2) is 36.8 Å². The summed E-state index contributed by atoms with van der Waals surface area (Å²) in [6, 6.07) is 4.64. The zero-order valence-corrected chi connectivity index (χ0v) is 13.5. The zero-order valence-electron chi connectivity index (χ0n) is 12.7. The van der Waals surface area contributed by atoms with E-state index in [4.69, 9.17) is 11.6 Å². The molecule has 3 aromatic heterocycles. The fourth-order valence-corrected chi connectivity index (χ4v) is 2.18. The van der Waals surface area contributed by atoms with Gasteiger partial charge in [-0.2, -0.15) is 13.2 Å². The molecule has 0 amide bonds. The first-order valence-corrected chi connectivity index (χ1v) is 7.31. The molecule has 0 N–H and O–H groups in total. The first-order valence-electron chi connectivity index (χ1n) is 6.93. The van der Waals surface area contributed by atoms with Crippen LogP contribution in [0.5, 0.6) is 0 Å². The molecule has 0 saturated carbocycles. The van der Waals surface area contributed by atoms with Gasteiger partial charge in [-0.15, -0.1) is 0 Å². The maximum absolute atomic E-state index is 12.7. The van der Waals surface area contributed by atoms with Crippen LogP contribution in [0.4, 0.5) is 13.2 Å². The van der Waals surface area contributed by atoms with Gasteiger partial charge in [-0.1, -0.05) is 17.5 Å². The van der Waals surface area contributed by atoms with Gasteiger partial charge in [0, 0.05) is 24.2 Å². The summed E-state index contributed by atoms with van der Waals surface area (Å²) in [6.45, 7) is 1.64. The van der Waals surface area contributed by atoms with E-state index in [1.54, 1.807) is 19.1 Å². The molecule has 3 aromatic rings. The van der Waals surface area contributed by atoms with Crippen molar-refractivity contribution in [3.05, 3.63) is 64.8 Å². The number of aromatic nitrogens is 5. The van der Waals surface area contributed by atoms with Crippen molar-refractivity contribution >= 4 is 11.6 Å². The monoisotopic (exact) mass is 363 g/mol. The fraction of sp³-hybridized carbons (Fsp3) is 0.125. The normalized spacial score (nSPS) is 11.1. The van der Waals surface area contributed by atoms with E-state index < -0.39 is 12.0 Å². The highest BCUT2D eigenvalue weighted by Crippen LogP contribution is 2.26. The number of hydrogen-bond donors (Lipinski definition) is 0. The smallest absolute Gasteiger partial charge is 0.287 e. The number of nitrogens with zero attached hydrogens (tertiary/aromatic N) is 5. The van der Waals surface area contributed by atoms with Crippen molar-refractivity contribution in [1.29, 1.82) is 0 Å². The van der Waals surface area contributed by atoms with Gasteiger partial charge in [0.15, 0.2) is 0 Å². The first kappa shape index (κ1) is 16.9. The van der Waals surface area contributed by atoms with Crippen LogP contribution in [-0.2, 0) is 6.18 Å². The van der Waals surface area contributed by atoms with E-state index in [2.05, 4.69) is 31.8 Å². The van der Waals surface area contributed by atoms with Gasteiger partial charge in [-0.3, -0.25) is 4.57 Å².